The van der Waals surface area contributed by atoms with E-state index < -0.39 is 0 Å². The van der Waals surface area contributed by atoms with Gasteiger partial charge in [0.2, 0.25) is 5.82 Å². The zero-order valence-electron chi connectivity index (χ0n) is 11.9. The summed E-state index contributed by atoms with van der Waals surface area (Å²) in [5.41, 5.74) is 0. The highest BCUT2D eigenvalue weighted by molar-refractivity contribution is 5.90. The number of aromatic amines is 1. The second kappa shape index (κ2) is 5.88. The number of piperazine rings is 1. The summed E-state index contributed by atoms with van der Waals surface area (Å²) < 4.78 is 0. The number of nitrogens with zero attached hydrogens (tertiary/aromatic N) is 4. The maximum absolute atomic E-state index is 12.2. The molecule has 110 valence electrons. The molecule has 2 heterocycles. The van der Waals surface area contributed by atoms with E-state index in [1.807, 2.05) is 7.05 Å². The average molecular weight is 278 g/mol. The van der Waals surface area contributed by atoms with E-state index in [1.165, 1.54) is 0 Å². The Morgan fingerprint density at radius 1 is 1.40 bits per heavy atom. The van der Waals surface area contributed by atoms with Crippen LogP contribution in [-0.2, 0) is 0 Å². The van der Waals surface area contributed by atoms with E-state index in [0.717, 1.165) is 51.4 Å². The molecule has 2 N–H and O–H groups in total. The molecule has 1 saturated carbocycles. The van der Waals surface area contributed by atoms with Gasteiger partial charge >= 0.3 is 0 Å². The molecule has 0 radical (unpaired) electrons. The minimum atomic E-state index is -0.0942. The summed E-state index contributed by atoms with van der Waals surface area (Å²) in [6.45, 7) is 5.78. The second-order valence-corrected chi connectivity index (χ2v) is 5.64. The molecule has 0 unspecified atom stereocenters. The van der Waals surface area contributed by atoms with Crippen LogP contribution < -0.4 is 5.32 Å². The summed E-state index contributed by atoms with van der Waals surface area (Å²) in [4.78, 5) is 20.6. The van der Waals surface area contributed by atoms with Gasteiger partial charge in [0.05, 0.1) is 0 Å². The van der Waals surface area contributed by atoms with Crippen LogP contribution in [0.15, 0.2) is 0 Å². The number of rotatable bonds is 5. The molecule has 0 aromatic carbocycles. The van der Waals surface area contributed by atoms with Gasteiger partial charge in [0, 0.05) is 52.2 Å². The van der Waals surface area contributed by atoms with Crippen molar-refractivity contribution in [2.24, 2.45) is 0 Å². The van der Waals surface area contributed by atoms with E-state index >= 15 is 0 Å². The lowest BCUT2D eigenvalue weighted by Crippen LogP contribution is -2.46. The number of amides is 1. The van der Waals surface area contributed by atoms with Crippen molar-refractivity contribution in [1.29, 1.82) is 0 Å². The van der Waals surface area contributed by atoms with E-state index in [1.54, 1.807) is 4.90 Å². The lowest BCUT2D eigenvalue weighted by atomic mass is 10.3. The maximum Gasteiger partial charge on any atom is 0.293 e. The summed E-state index contributed by atoms with van der Waals surface area (Å²) >= 11 is 0. The number of hydrogen-bond acceptors (Lipinski definition) is 5. The number of H-pyrrole nitrogens is 1. The van der Waals surface area contributed by atoms with E-state index in [2.05, 4.69) is 25.4 Å². The lowest BCUT2D eigenvalue weighted by Gasteiger charge is -2.28. The van der Waals surface area contributed by atoms with Crippen molar-refractivity contribution in [3.8, 4) is 0 Å². The van der Waals surface area contributed by atoms with Gasteiger partial charge in [-0.1, -0.05) is 0 Å². The van der Waals surface area contributed by atoms with E-state index in [-0.39, 0.29) is 5.91 Å². The van der Waals surface area contributed by atoms with E-state index in [4.69, 9.17) is 0 Å². The number of nitrogens with one attached hydrogen (secondary N) is 2. The maximum atomic E-state index is 12.2. The number of likely N-dealkylation sites (N-methyl/N-ethyl adjacent to an activating group) is 1. The molecule has 2 aliphatic rings. The summed E-state index contributed by atoms with van der Waals surface area (Å²) in [7, 11) is 1.82. The average Bonchev–Trinajstić information content (AvgIpc) is 3.22. The first-order chi connectivity index (χ1) is 9.74. The molecule has 2 fully saturated rings. The topological polar surface area (TPSA) is 77.1 Å². The molecule has 1 aromatic rings. The Labute approximate surface area is 118 Å². The number of carbonyl (C=O) groups excluding carboxylic acids is 1. The van der Waals surface area contributed by atoms with Crippen molar-refractivity contribution in [1.82, 2.24) is 30.3 Å². The minimum Gasteiger partial charge on any atom is -0.338 e. The second-order valence-electron chi connectivity index (χ2n) is 5.64. The predicted molar refractivity (Wildman–Crippen MR) is 74.6 cm³/mol. The molecule has 1 aromatic heterocycles. The molecular weight excluding hydrogens is 256 g/mol. The first kappa shape index (κ1) is 13.5. The molecule has 1 aliphatic heterocycles. The van der Waals surface area contributed by atoms with Crippen LogP contribution in [0, 0.1) is 0 Å². The predicted octanol–water partition coefficient (Wildman–Crippen LogP) is -0.341. The SMILES string of the molecule is CN(CCN1CCNCC1)C(=O)c1n[nH]c(C2CC2)n1. The lowest BCUT2D eigenvalue weighted by molar-refractivity contribution is 0.0763. The van der Waals surface area contributed by atoms with Gasteiger partial charge in [-0.15, -0.1) is 5.10 Å². The monoisotopic (exact) mass is 278 g/mol. The van der Waals surface area contributed by atoms with Crippen molar-refractivity contribution in [2.45, 2.75) is 18.8 Å². The van der Waals surface area contributed by atoms with E-state index in [0.29, 0.717) is 18.3 Å². The Kier molecular flexibility index (Phi) is 3.98. The zero-order valence-corrected chi connectivity index (χ0v) is 11.9. The van der Waals surface area contributed by atoms with Crippen molar-refractivity contribution >= 4 is 5.91 Å². The van der Waals surface area contributed by atoms with Gasteiger partial charge in [0.15, 0.2) is 0 Å². The van der Waals surface area contributed by atoms with Gasteiger partial charge in [0.25, 0.3) is 5.91 Å². The highest BCUT2D eigenvalue weighted by Crippen LogP contribution is 2.37. The van der Waals surface area contributed by atoms with Crippen LogP contribution in [0.5, 0.6) is 0 Å². The highest BCUT2D eigenvalue weighted by Gasteiger charge is 2.28. The molecule has 1 amide bonds. The number of hydrogen-bond donors (Lipinski definition) is 2. The molecule has 0 atom stereocenters. The van der Waals surface area contributed by atoms with Gasteiger partial charge in [-0.25, -0.2) is 4.98 Å². The van der Waals surface area contributed by atoms with Crippen LogP contribution in [0.2, 0.25) is 0 Å². The fraction of sp³-hybridized carbons (Fsp3) is 0.769. The summed E-state index contributed by atoms with van der Waals surface area (Å²) in [6.07, 6.45) is 2.31. The fourth-order valence-electron chi connectivity index (χ4n) is 2.41. The fourth-order valence-corrected chi connectivity index (χ4v) is 2.41. The van der Waals surface area contributed by atoms with Crippen molar-refractivity contribution in [2.75, 3.05) is 46.3 Å². The van der Waals surface area contributed by atoms with Gasteiger partial charge in [0.1, 0.15) is 5.82 Å². The largest absolute Gasteiger partial charge is 0.338 e. The normalized spacial score (nSPS) is 20.1. The van der Waals surface area contributed by atoms with Crippen LogP contribution in [0.4, 0.5) is 0 Å². The smallest absolute Gasteiger partial charge is 0.293 e. The Morgan fingerprint density at radius 2 is 2.15 bits per heavy atom. The minimum absolute atomic E-state index is 0.0942. The molecule has 1 aliphatic carbocycles. The van der Waals surface area contributed by atoms with Gasteiger partial charge in [-0.05, 0) is 12.8 Å². The molecule has 0 spiro atoms. The van der Waals surface area contributed by atoms with Crippen molar-refractivity contribution in [3.63, 3.8) is 0 Å². The molecule has 1 saturated heterocycles. The van der Waals surface area contributed by atoms with Crippen LogP contribution in [-0.4, -0.2) is 77.2 Å². The van der Waals surface area contributed by atoms with Gasteiger partial charge in [-0.3, -0.25) is 14.8 Å². The number of aromatic nitrogens is 3. The van der Waals surface area contributed by atoms with Gasteiger partial charge in [-0.2, -0.15) is 0 Å². The Balaban J connectivity index is 1.49. The highest BCUT2D eigenvalue weighted by atomic mass is 16.2. The Morgan fingerprint density at radius 3 is 2.85 bits per heavy atom. The van der Waals surface area contributed by atoms with Crippen molar-refractivity contribution in [3.05, 3.63) is 11.6 Å². The third kappa shape index (κ3) is 3.16. The summed E-state index contributed by atoms with van der Waals surface area (Å²) in [5, 5.41) is 10.2. The molecule has 7 nitrogen and oxygen atoms in total. The molecular formula is C13H22N6O. The van der Waals surface area contributed by atoms with Gasteiger partial charge < -0.3 is 10.2 Å². The molecule has 7 heteroatoms. The summed E-state index contributed by atoms with van der Waals surface area (Å²) in [6, 6.07) is 0. The van der Waals surface area contributed by atoms with Crippen LogP contribution in [0.3, 0.4) is 0 Å². The van der Waals surface area contributed by atoms with Crippen LogP contribution in [0.25, 0.3) is 0 Å². The first-order valence-electron chi connectivity index (χ1n) is 7.35. The standard InChI is InChI=1S/C13H22N6O/c1-18(8-9-19-6-4-14-5-7-19)13(20)12-15-11(16-17-12)10-2-3-10/h10,14H,2-9H2,1H3,(H,15,16,17). The summed E-state index contributed by atoms with van der Waals surface area (Å²) in [5.74, 6) is 1.57. The number of carbonyl (C=O) groups is 1. The molecule has 0 bridgehead atoms. The molecule has 3 rings (SSSR count). The van der Waals surface area contributed by atoms with Crippen LogP contribution in [0.1, 0.15) is 35.2 Å². The quantitative estimate of drug-likeness (QED) is 0.770. The molecule has 20 heavy (non-hydrogen) atoms. The Bertz CT molecular complexity index is 463. The van der Waals surface area contributed by atoms with E-state index in [9.17, 15) is 4.79 Å². The van der Waals surface area contributed by atoms with Crippen molar-refractivity contribution < 1.29 is 4.79 Å². The van der Waals surface area contributed by atoms with Crippen LogP contribution >= 0.6 is 0 Å². The Hall–Kier alpha value is -1.47. The third-order valence-corrected chi connectivity index (χ3v) is 3.97. The first-order valence-corrected chi connectivity index (χ1v) is 7.35. The third-order valence-electron chi connectivity index (χ3n) is 3.97. The zero-order chi connectivity index (χ0) is 13.9.